The summed E-state index contributed by atoms with van der Waals surface area (Å²) in [7, 11) is 1.71. The molecule has 0 spiro atoms. The Balaban J connectivity index is 2.44. The van der Waals surface area contributed by atoms with Gasteiger partial charge >= 0.3 is 0 Å². The van der Waals surface area contributed by atoms with Gasteiger partial charge in [0.1, 0.15) is 0 Å². The number of nitrogens with zero attached hydrogens (tertiary/aromatic N) is 1. The van der Waals surface area contributed by atoms with Crippen LogP contribution in [0, 0.1) is 5.92 Å². The molecule has 1 rings (SSSR count). The summed E-state index contributed by atoms with van der Waals surface area (Å²) in [5.74, 6) is 1.06. The average Bonchev–Trinajstić information content (AvgIpc) is 2.29. The van der Waals surface area contributed by atoms with Crippen LogP contribution in [-0.4, -0.2) is 31.8 Å². The smallest absolute Gasteiger partial charge is 0.189 e. The second-order valence-electron chi connectivity index (χ2n) is 5.26. The highest BCUT2D eigenvalue weighted by molar-refractivity contribution is 5.78. The molecular weight excluding hydrogens is 214 g/mol. The molecule has 1 atom stereocenters. The number of nitrogens with one attached hydrogen (secondary N) is 1. The Bertz CT molecular complexity index is 235. The van der Waals surface area contributed by atoms with Gasteiger partial charge in [-0.3, -0.25) is 4.99 Å². The number of nitrogens with two attached hydrogens (primary N) is 1. The lowest BCUT2D eigenvalue weighted by atomic mass is 9.96. The van der Waals surface area contributed by atoms with E-state index in [1.165, 1.54) is 32.1 Å². The van der Waals surface area contributed by atoms with Crippen LogP contribution in [0.5, 0.6) is 0 Å². The minimum Gasteiger partial charge on any atom is -0.383 e. The van der Waals surface area contributed by atoms with Crippen LogP contribution < -0.4 is 11.1 Å². The van der Waals surface area contributed by atoms with Crippen LogP contribution in [-0.2, 0) is 4.74 Å². The second kappa shape index (κ2) is 7.54. The van der Waals surface area contributed by atoms with E-state index in [-0.39, 0.29) is 6.04 Å². The van der Waals surface area contributed by atoms with Gasteiger partial charge < -0.3 is 15.8 Å². The van der Waals surface area contributed by atoms with Gasteiger partial charge in [-0.1, -0.05) is 33.1 Å². The summed E-state index contributed by atoms with van der Waals surface area (Å²) < 4.78 is 5.18. The zero-order chi connectivity index (χ0) is 12.7. The number of ether oxygens (including phenoxy) is 1. The summed E-state index contributed by atoms with van der Waals surface area (Å²) >= 11 is 0. The molecule has 4 nitrogen and oxygen atoms in total. The molecule has 1 saturated carbocycles. The average molecular weight is 241 g/mol. The normalized spacial score (nSPS) is 20.6. The van der Waals surface area contributed by atoms with Crippen LogP contribution in [0.15, 0.2) is 4.99 Å². The number of rotatable bonds is 5. The Morgan fingerprint density at radius 3 is 2.53 bits per heavy atom. The van der Waals surface area contributed by atoms with Crippen molar-refractivity contribution in [2.24, 2.45) is 16.6 Å². The summed E-state index contributed by atoms with van der Waals surface area (Å²) in [6, 6.07) is 0.666. The third-order valence-electron chi connectivity index (χ3n) is 3.38. The molecular formula is C13H27N3O. The van der Waals surface area contributed by atoms with E-state index in [1.54, 1.807) is 7.11 Å². The first-order valence-electron chi connectivity index (χ1n) is 6.72. The van der Waals surface area contributed by atoms with Crippen molar-refractivity contribution in [3.8, 4) is 0 Å². The molecule has 0 heterocycles. The molecule has 0 amide bonds. The molecule has 0 aromatic rings. The first-order chi connectivity index (χ1) is 8.13. The lowest BCUT2D eigenvalue weighted by molar-refractivity contribution is 0.156. The summed E-state index contributed by atoms with van der Waals surface area (Å²) in [6.07, 6.45) is 6.27. The first-order valence-corrected chi connectivity index (χ1v) is 6.72. The highest BCUT2D eigenvalue weighted by Gasteiger charge is 2.16. The fraction of sp³-hybridized carbons (Fsp3) is 0.923. The molecule has 4 heteroatoms. The highest BCUT2D eigenvalue weighted by Crippen LogP contribution is 2.20. The van der Waals surface area contributed by atoms with Crippen molar-refractivity contribution in [2.45, 2.75) is 58.0 Å². The number of methoxy groups -OCH3 is 1. The monoisotopic (exact) mass is 241 g/mol. The number of guanidine groups is 1. The Labute approximate surface area is 105 Å². The maximum atomic E-state index is 5.96. The van der Waals surface area contributed by atoms with Crippen LogP contribution in [0.2, 0.25) is 0 Å². The largest absolute Gasteiger partial charge is 0.383 e. The van der Waals surface area contributed by atoms with Gasteiger partial charge in [0.15, 0.2) is 5.96 Å². The molecule has 100 valence electrons. The van der Waals surface area contributed by atoms with Gasteiger partial charge in [0.2, 0.25) is 0 Å². The molecule has 3 N–H and O–H groups in total. The maximum Gasteiger partial charge on any atom is 0.189 e. The predicted molar refractivity (Wildman–Crippen MR) is 72.1 cm³/mol. The quantitative estimate of drug-likeness (QED) is 0.571. The molecule has 0 aromatic carbocycles. The zero-order valence-electron chi connectivity index (χ0n) is 11.4. The Morgan fingerprint density at radius 2 is 2.00 bits per heavy atom. The molecule has 1 fully saturated rings. The van der Waals surface area contributed by atoms with Gasteiger partial charge in [-0.25, -0.2) is 0 Å². The van der Waals surface area contributed by atoms with Crippen LogP contribution >= 0.6 is 0 Å². The van der Waals surface area contributed by atoms with Crippen LogP contribution in [0.3, 0.4) is 0 Å². The van der Waals surface area contributed by atoms with Crippen LogP contribution in [0.4, 0.5) is 0 Å². The van der Waals surface area contributed by atoms with E-state index in [9.17, 15) is 0 Å². The van der Waals surface area contributed by atoms with Gasteiger partial charge in [0.25, 0.3) is 0 Å². The molecule has 0 radical (unpaired) electrons. The van der Waals surface area contributed by atoms with Gasteiger partial charge in [-0.15, -0.1) is 0 Å². The highest BCUT2D eigenvalue weighted by atomic mass is 16.5. The predicted octanol–water partition coefficient (Wildman–Crippen LogP) is 1.89. The van der Waals surface area contributed by atoms with Crippen molar-refractivity contribution in [3.63, 3.8) is 0 Å². The Kier molecular flexibility index (Phi) is 6.34. The molecule has 17 heavy (non-hydrogen) atoms. The SMILES string of the molecule is COCC(NC(N)=NC1CCCCC1)C(C)C. The van der Waals surface area contributed by atoms with E-state index < -0.39 is 0 Å². The molecule has 0 aliphatic heterocycles. The van der Waals surface area contributed by atoms with E-state index >= 15 is 0 Å². The van der Waals surface area contributed by atoms with Crippen molar-refractivity contribution in [1.29, 1.82) is 0 Å². The van der Waals surface area contributed by atoms with Crippen molar-refractivity contribution in [2.75, 3.05) is 13.7 Å². The zero-order valence-corrected chi connectivity index (χ0v) is 11.4. The van der Waals surface area contributed by atoms with Crippen molar-refractivity contribution >= 4 is 5.96 Å². The minimum atomic E-state index is 0.243. The molecule has 0 bridgehead atoms. The van der Waals surface area contributed by atoms with Crippen LogP contribution in [0.25, 0.3) is 0 Å². The van der Waals surface area contributed by atoms with E-state index in [0.29, 0.717) is 24.5 Å². The second-order valence-corrected chi connectivity index (χ2v) is 5.26. The summed E-state index contributed by atoms with van der Waals surface area (Å²) in [5.41, 5.74) is 5.96. The molecule has 1 unspecified atom stereocenters. The van der Waals surface area contributed by atoms with Gasteiger partial charge in [0, 0.05) is 7.11 Å². The molecule has 0 aromatic heterocycles. The Hall–Kier alpha value is -0.770. The van der Waals surface area contributed by atoms with Gasteiger partial charge in [0.05, 0.1) is 18.7 Å². The van der Waals surface area contributed by atoms with E-state index in [4.69, 9.17) is 10.5 Å². The molecule has 0 saturated heterocycles. The molecule has 1 aliphatic rings. The van der Waals surface area contributed by atoms with Gasteiger partial charge in [-0.2, -0.15) is 0 Å². The van der Waals surface area contributed by atoms with E-state index in [2.05, 4.69) is 24.2 Å². The fourth-order valence-corrected chi connectivity index (χ4v) is 2.21. The third-order valence-corrected chi connectivity index (χ3v) is 3.38. The number of hydrogen-bond donors (Lipinski definition) is 2. The van der Waals surface area contributed by atoms with E-state index in [1.807, 2.05) is 0 Å². The standard InChI is InChI=1S/C13H27N3O/c1-10(2)12(9-17-3)16-13(14)15-11-7-5-4-6-8-11/h10-12H,4-9H2,1-3H3,(H3,14,15,16). The third kappa shape index (κ3) is 5.39. The number of aliphatic imine (C=N–C) groups is 1. The Morgan fingerprint density at radius 1 is 1.35 bits per heavy atom. The first kappa shape index (κ1) is 14.3. The summed E-state index contributed by atoms with van der Waals surface area (Å²) in [6.45, 7) is 4.98. The van der Waals surface area contributed by atoms with Crippen molar-refractivity contribution in [3.05, 3.63) is 0 Å². The fourth-order valence-electron chi connectivity index (χ4n) is 2.21. The van der Waals surface area contributed by atoms with E-state index in [0.717, 1.165) is 0 Å². The van der Waals surface area contributed by atoms with Crippen molar-refractivity contribution < 1.29 is 4.74 Å². The lowest BCUT2D eigenvalue weighted by Crippen LogP contribution is -2.46. The number of hydrogen-bond acceptors (Lipinski definition) is 2. The van der Waals surface area contributed by atoms with Gasteiger partial charge in [-0.05, 0) is 18.8 Å². The molecule has 1 aliphatic carbocycles. The minimum absolute atomic E-state index is 0.243. The lowest BCUT2D eigenvalue weighted by Gasteiger charge is -2.24. The maximum absolute atomic E-state index is 5.96. The topological polar surface area (TPSA) is 59.6 Å². The summed E-state index contributed by atoms with van der Waals surface area (Å²) in [4.78, 5) is 4.57. The van der Waals surface area contributed by atoms with Crippen LogP contribution in [0.1, 0.15) is 46.0 Å². The summed E-state index contributed by atoms with van der Waals surface area (Å²) in [5, 5.41) is 3.27. The van der Waals surface area contributed by atoms with Crippen molar-refractivity contribution in [1.82, 2.24) is 5.32 Å².